The zero-order valence-corrected chi connectivity index (χ0v) is 17.8. The van der Waals surface area contributed by atoms with Crippen molar-refractivity contribution in [1.29, 1.82) is 0 Å². The van der Waals surface area contributed by atoms with Crippen LogP contribution in [0.5, 0.6) is 0 Å². The Morgan fingerprint density at radius 1 is 1.31 bits per heavy atom. The van der Waals surface area contributed by atoms with E-state index >= 15 is 0 Å². The molecule has 0 heterocycles. The van der Waals surface area contributed by atoms with E-state index in [1.165, 1.54) is 5.56 Å². The van der Waals surface area contributed by atoms with E-state index < -0.39 is 17.7 Å². The first-order valence-corrected chi connectivity index (χ1v) is 9.29. The first-order valence-electron chi connectivity index (χ1n) is 9.29. The van der Waals surface area contributed by atoms with Crippen LogP contribution < -0.4 is 34.7 Å². The first-order chi connectivity index (χ1) is 12.0. The molecule has 2 rings (SSSR count). The maximum Gasteiger partial charge on any atom is 1.00 e. The third kappa shape index (κ3) is 8.83. The molecule has 3 atom stereocenters. The van der Waals surface area contributed by atoms with Gasteiger partial charge < -0.3 is 20.1 Å². The summed E-state index contributed by atoms with van der Waals surface area (Å²) in [6.45, 7) is 0. The van der Waals surface area contributed by atoms with Gasteiger partial charge in [-0.1, -0.05) is 48.9 Å². The van der Waals surface area contributed by atoms with Gasteiger partial charge >= 0.3 is 29.6 Å². The van der Waals surface area contributed by atoms with Crippen molar-refractivity contribution in [2.45, 2.75) is 69.5 Å². The van der Waals surface area contributed by atoms with E-state index in [2.05, 4.69) is 12.1 Å². The second-order valence-electron chi connectivity index (χ2n) is 7.31. The minimum Gasteiger partial charge on any atom is -0.550 e. The third-order valence-corrected chi connectivity index (χ3v) is 5.00. The summed E-state index contributed by atoms with van der Waals surface area (Å²) in [7, 11) is 0. The van der Waals surface area contributed by atoms with E-state index in [0.29, 0.717) is 12.8 Å². The van der Waals surface area contributed by atoms with Crippen LogP contribution in [0, 0.1) is 5.92 Å². The first kappa shape index (κ1) is 23.4. The molecule has 1 aliphatic carbocycles. The molecule has 0 amide bonds. The standard InChI is InChI=1S/C21H30O4.Na/c22-19(11-5-4-9-17-7-2-1-3-8-17)13-12-18-10-6-14-21(25,15-18)16-20(23)24;/h1-3,7-8,12-13,18-19,22,25H,4-6,9-11,14-16H2,(H,23,24);/q;+1/p-1/b13-12+;/t18-,19+,21+;/m1./s1. The van der Waals surface area contributed by atoms with Crippen molar-refractivity contribution in [2.24, 2.45) is 5.92 Å². The van der Waals surface area contributed by atoms with Crippen molar-refractivity contribution < 1.29 is 49.7 Å². The largest absolute Gasteiger partial charge is 1.00 e. The number of aliphatic hydroxyl groups is 2. The van der Waals surface area contributed by atoms with Gasteiger partial charge in [0, 0.05) is 12.4 Å². The molecule has 0 aliphatic heterocycles. The van der Waals surface area contributed by atoms with Crippen molar-refractivity contribution in [3.63, 3.8) is 0 Å². The molecule has 2 N–H and O–H groups in total. The summed E-state index contributed by atoms with van der Waals surface area (Å²) in [5.74, 6) is -1.08. The average molecular weight is 368 g/mol. The smallest absolute Gasteiger partial charge is 0.550 e. The minimum atomic E-state index is -1.20. The summed E-state index contributed by atoms with van der Waals surface area (Å²) in [6, 6.07) is 10.3. The molecule has 1 saturated carbocycles. The number of carbonyl (C=O) groups excluding carboxylic acids is 1. The van der Waals surface area contributed by atoms with Crippen LogP contribution in [0.25, 0.3) is 0 Å². The summed E-state index contributed by atoms with van der Waals surface area (Å²) in [4.78, 5) is 10.8. The molecule has 4 nitrogen and oxygen atoms in total. The van der Waals surface area contributed by atoms with Gasteiger partial charge in [-0.15, -0.1) is 0 Å². The molecular formula is C21H29NaO4. The fourth-order valence-corrected chi connectivity index (χ4v) is 3.69. The Morgan fingerprint density at radius 3 is 2.73 bits per heavy atom. The van der Waals surface area contributed by atoms with Crippen LogP contribution in [0.3, 0.4) is 0 Å². The monoisotopic (exact) mass is 368 g/mol. The number of aliphatic carboxylic acids is 1. The molecule has 0 radical (unpaired) electrons. The molecular weight excluding hydrogens is 339 g/mol. The summed E-state index contributed by atoms with van der Waals surface area (Å²) in [5, 5.41) is 31.2. The molecule has 0 aromatic heterocycles. The van der Waals surface area contributed by atoms with Crippen LogP contribution >= 0.6 is 0 Å². The molecule has 0 bridgehead atoms. The van der Waals surface area contributed by atoms with E-state index in [9.17, 15) is 20.1 Å². The van der Waals surface area contributed by atoms with E-state index in [0.717, 1.165) is 38.5 Å². The molecule has 5 heteroatoms. The Labute approximate surface area is 178 Å². The molecule has 0 spiro atoms. The SMILES string of the molecule is O=C([O-])C[C@]1(O)CCC[C@H](/C=C/[C@@H](O)CCCCc2ccccc2)C1.[Na+]. The quantitative estimate of drug-likeness (QED) is 0.346. The zero-order valence-electron chi connectivity index (χ0n) is 15.8. The molecule has 26 heavy (non-hydrogen) atoms. The van der Waals surface area contributed by atoms with Gasteiger partial charge in [0.05, 0.1) is 11.7 Å². The molecule has 1 fully saturated rings. The topological polar surface area (TPSA) is 80.6 Å². The molecule has 1 aliphatic rings. The van der Waals surface area contributed by atoms with Crippen LogP contribution in [0.4, 0.5) is 0 Å². The second-order valence-corrected chi connectivity index (χ2v) is 7.31. The number of aliphatic hydroxyl groups excluding tert-OH is 1. The number of benzene rings is 1. The summed E-state index contributed by atoms with van der Waals surface area (Å²) in [5.41, 5.74) is 0.161. The fraction of sp³-hybridized carbons (Fsp3) is 0.571. The van der Waals surface area contributed by atoms with Gasteiger partial charge in [-0.25, -0.2) is 0 Å². The Morgan fingerprint density at radius 2 is 2.04 bits per heavy atom. The van der Waals surface area contributed by atoms with Crippen LogP contribution in [-0.2, 0) is 11.2 Å². The normalized spacial score (nSPS) is 24.2. The average Bonchev–Trinajstić information content (AvgIpc) is 2.57. The molecule has 1 aromatic rings. The molecule has 0 unspecified atom stereocenters. The number of aryl methyl sites for hydroxylation is 1. The van der Waals surface area contributed by atoms with Crippen LogP contribution in [0.1, 0.15) is 56.9 Å². The minimum absolute atomic E-state index is 0. The number of carbonyl (C=O) groups is 1. The van der Waals surface area contributed by atoms with Crippen LogP contribution in [0.15, 0.2) is 42.5 Å². The van der Waals surface area contributed by atoms with Crippen molar-refractivity contribution in [2.75, 3.05) is 0 Å². The van der Waals surface area contributed by atoms with E-state index in [4.69, 9.17) is 0 Å². The molecule has 138 valence electrons. The maximum absolute atomic E-state index is 10.8. The van der Waals surface area contributed by atoms with Gasteiger partial charge in [0.2, 0.25) is 0 Å². The number of hydrogen-bond acceptors (Lipinski definition) is 4. The summed E-state index contributed by atoms with van der Waals surface area (Å²) in [6.07, 6.45) is 9.37. The van der Waals surface area contributed by atoms with Crippen LogP contribution in [0.2, 0.25) is 0 Å². The molecule has 0 saturated heterocycles. The Kier molecular flexibility index (Phi) is 10.7. The van der Waals surface area contributed by atoms with Crippen LogP contribution in [-0.4, -0.2) is 27.9 Å². The van der Waals surface area contributed by atoms with Crippen molar-refractivity contribution in [1.82, 2.24) is 0 Å². The second kappa shape index (κ2) is 11.9. The zero-order chi connectivity index (χ0) is 18.1. The summed E-state index contributed by atoms with van der Waals surface area (Å²) >= 11 is 0. The number of rotatable bonds is 9. The van der Waals surface area contributed by atoms with Crippen molar-refractivity contribution in [3.05, 3.63) is 48.0 Å². The Balaban J connectivity index is 0.00000338. The van der Waals surface area contributed by atoms with E-state index in [1.54, 1.807) is 6.08 Å². The van der Waals surface area contributed by atoms with Gasteiger partial charge in [-0.05, 0) is 56.4 Å². The third-order valence-electron chi connectivity index (χ3n) is 5.00. The van der Waals surface area contributed by atoms with E-state index in [-0.39, 0.29) is 41.9 Å². The number of unbranched alkanes of at least 4 members (excludes halogenated alkanes) is 1. The van der Waals surface area contributed by atoms with E-state index in [1.807, 2.05) is 24.3 Å². The number of carboxylic acid groups (broad SMARTS) is 1. The van der Waals surface area contributed by atoms with Crippen molar-refractivity contribution in [3.8, 4) is 0 Å². The predicted molar refractivity (Wildman–Crippen MR) is 95.7 cm³/mol. The summed E-state index contributed by atoms with van der Waals surface area (Å²) < 4.78 is 0. The fourth-order valence-electron chi connectivity index (χ4n) is 3.69. The van der Waals surface area contributed by atoms with Crippen molar-refractivity contribution >= 4 is 5.97 Å². The van der Waals surface area contributed by atoms with Gasteiger partial charge in [0.25, 0.3) is 0 Å². The van der Waals surface area contributed by atoms with Gasteiger partial charge in [0.15, 0.2) is 0 Å². The van der Waals surface area contributed by atoms with Gasteiger partial charge in [-0.3, -0.25) is 0 Å². The predicted octanol–water partition coefficient (Wildman–Crippen LogP) is -0.618. The van der Waals surface area contributed by atoms with Gasteiger partial charge in [-0.2, -0.15) is 0 Å². The van der Waals surface area contributed by atoms with Gasteiger partial charge in [0.1, 0.15) is 0 Å². The number of carboxylic acids is 1. The molecule has 1 aromatic carbocycles. The number of allylic oxidation sites excluding steroid dienone is 1. The maximum atomic E-state index is 10.8. The Bertz CT molecular complexity index is 560. The Hall–Kier alpha value is -0.650. The number of hydrogen-bond donors (Lipinski definition) is 2.